The van der Waals surface area contributed by atoms with E-state index in [1.54, 1.807) is 0 Å². The van der Waals surface area contributed by atoms with Gasteiger partial charge in [0, 0.05) is 24.1 Å². The van der Waals surface area contributed by atoms with E-state index in [1.807, 2.05) is 6.07 Å². The van der Waals surface area contributed by atoms with E-state index in [-0.39, 0.29) is 0 Å². The first kappa shape index (κ1) is 8.32. The predicted octanol–water partition coefficient (Wildman–Crippen LogP) is 2.09. The number of hydrogen-bond donors (Lipinski definition) is 2. The van der Waals surface area contributed by atoms with Crippen LogP contribution in [0.3, 0.4) is 0 Å². The van der Waals surface area contributed by atoms with Crippen LogP contribution in [-0.2, 0) is 6.42 Å². The fraction of sp³-hybridized carbons (Fsp3) is 0.182. The Balaban J connectivity index is 2.35. The molecule has 2 heteroatoms. The molecule has 13 heavy (non-hydrogen) atoms. The smallest absolute Gasteiger partial charge is 0.0456 e. The van der Waals surface area contributed by atoms with E-state index in [2.05, 4.69) is 41.7 Å². The van der Waals surface area contributed by atoms with Crippen LogP contribution >= 0.6 is 0 Å². The molecule has 0 unspecified atom stereocenters. The second-order valence-electron chi connectivity index (χ2n) is 3.11. The van der Waals surface area contributed by atoms with Crippen molar-refractivity contribution in [2.24, 2.45) is 0 Å². The van der Waals surface area contributed by atoms with Crippen molar-refractivity contribution in [2.45, 2.75) is 6.42 Å². The Morgan fingerprint density at radius 1 is 1.31 bits per heavy atom. The number of hydrogen-bond acceptors (Lipinski definition) is 1. The lowest BCUT2D eigenvalue weighted by Gasteiger charge is -1.97. The lowest BCUT2D eigenvalue weighted by molar-refractivity contribution is 0.833. The van der Waals surface area contributed by atoms with Gasteiger partial charge in [-0.05, 0) is 24.6 Å². The van der Waals surface area contributed by atoms with Crippen molar-refractivity contribution in [2.75, 3.05) is 6.54 Å². The van der Waals surface area contributed by atoms with E-state index in [9.17, 15) is 0 Å². The Morgan fingerprint density at radius 2 is 2.15 bits per heavy atom. The molecule has 2 nitrogen and oxygen atoms in total. The fourth-order valence-corrected chi connectivity index (χ4v) is 1.56. The summed E-state index contributed by atoms with van der Waals surface area (Å²) in [5, 5.41) is 4.22. The first-order valence-corrected chi connectivity index (χ1v) is 4.47. The quantitative estimate of drug-likeness (QED) is 0.730. The summed E-state index contributed by atoms with van der Waals surface area (Å²) in [5.41, 5.74) is 2.56. The van der Waals surface area contributed by atoms with Crippen molar-refractivity contribution in [1.82, 2.24) is 10.3 Å². The van der Waals surface area contributed by atoms with Crippen molar-refractivity contribution in [3.63, 3.8) is 0 Å². The van der Waals surface area contributed by atoms with Gasteiger partial charge in [0.1, 0.15) is 0 Å². The molecule has 2 aromatic rings. The molecule has 0 bridgehead atoms. The SMILES string of the molecule is [CH2]NCCc1c[nH]c2ccccc12. The number of fused-ring (bicyclic) bond motifs is 1. The van der Waals surface area contributed by atoms with Crippen LogP contribution in [0.15, 0.2) is 30.5 Å². The van der Waals surface area contributed by atoms with Crippen LogP contribution in [0, 0.1) is 7.05 Å². The van der Waals surface area contributed by atoms with Gasteiger partial charge >= 0.3 is 0 Å². The summed E-state index contributed by atoms with van der Waals surface area (Å²) in [6.45, 7) is 0.918. The highest BCUT2D eigenvalue weighted by Crippen LogP contribution is 2.17. The predicted molar refractivity (Wildman–Crippen MR) is 55.4 cm³/mol. The number of rotatable bonds is 3. The molecule has 67 valence electrons. The Kier molecular flexibility index (Phi) is 2.32. The van der Waals surface area contributed by atoms with Crippen LogP contribution < -0.4 is 5.32 Å². The lowest BCUT2D eigenvalue weighted by Crippen LogP contribution is -2.07. The van der Waals surface area contributed by atoms with Gasteiger partial charge in [-0.15, -0.1) is 0 Å². The van der Waals surface area contributed by atoms with Crippen LogP contribution in [0.25, 0.3) is 10.9 Å². The summed E-state index contributed by atoms with van der Waals surface area (Å²) in [6.07, 6.45) is 3.09. The molecule has 0 amide bonds. The molecule has 1 aromatic carbocycles. The zero-order chi connectivity index (χ0) is 9.10. The van der Waals surface area contributed by atoms with E-state index in [0.29, 0.717) is 0 Å². The molecule has 0 fully saturated rings. The molecule has 2 N–H and O–H groups in total. The maximum absolute atomic E-state index is 3.60. The monoisotopic (exact) mass is 173 g/mol. The van der Waals surface area contributed by atoms with E-state index in [4.69, 9.17) is 0 Å². The minimum absolute atomic E-state index is 0.918. The second-order valence-corrected chi connectivity index (χ2v) is 3.11. The van der Waals surface area contributed by atoms with Gasteiger partial charge < -0.3 is 10.3 Å². The minimum atomic E-state index is 0.918. The van der Waals surface area contributed by atoms with Crippen LogP contribution in [0.1, 0.15) is 5.56 Å². The number of para-hydroxylation sites is 1. The maximum Gasteiger partial charge on any atom is 0.0456 e. The maximum atomic E-state index is 3.60. The average molecular weight is 173 g/mol. The molecule has 0 aliphatic heterocycles. The first-order valence-electron chi connectivity index (χ1n) is 4.47. The topological polar surface area (TPSA) is 27.8 Å². The van der Waals surface area contributed by atoms with Gasteiger partial charge in [0.25, 0.3) is 0 Å². The third-order valence-corrected chi connectivity index (χ3v) is 2.25. The first-order chi connectivity index (χ1) is 6.42. The highest BCUT2D eigenvalue weighted by molar-refractivity contribution is 5.83. The Morgan fingerprint density at radius 3 is 3.00 bits per heavy atom. The standard InChI is InChI=1S/C11H13N2/c1-12-7-6-9-8-13-11-5-3-2-4-10(9)11/h2-5,8,12-13H,1,6-7H2. The third-order valence-electron chi connectivity index (χ3n) is 2.25. The van der Waals surface area contributed by atoms with Crippen molar-refractivity contribution in [1.29, 1.82) is 0 Å². The van der Waals surface area contributed by atoms with E-state index in [0.717, 1.165) is 13.0 Å². The van der Waals surface area contributed by atoms with Gasteiger partial charge in [-0.1, -0.05) is 18.2 Å². The summed E-state index contributed by atoms with van der Waals surface area (Å²) in [5.74, 6) is 0. The Bertz CT molecular complexity index is 390. The van der Waals surface area contributed by atoms with Crippen molar-refractivity contribution in [3.05, 3.63) is 43.1 Å². The van der Waals surface area contributed by atoms with Gasteiger partial charge in [-0.2, -0.15) is 0 Å². The van der Waals surface area contributed by atoms with Gasteiger partial charge in [0.15, 0.2) is 0 Å². The highest BCUT2D eigenvalue weighted by Gasteiger charge is 2.00. The number of nitrogens with one attached hydrogen (secondary N) is 2. The van der Waals surface area contributed by atoms with Crippen molar-refractivity contribution >= 4 is 10.9 Å². The highest BCUT2D eigenvalue weighted by atomic mass is 14.8. The van der Waals surface area contributed by atoms with E-state index < -0.39 is 0 Å². The molecule has 0 aliphatic carbocycles. The van der Waals surface area contributed by atoms with E-state index in [1.165, 1.54) is 16.5 Å². The molecular weight excluding hydrogens is 160 g/mol. The molecule has 0 aliphatic rings. The molecule has 1 aromatic heterocycles. The van der Waals surface area contributed by atoms with E-state index >= 15 is 0 Å². The summed E-state index contributed by atoms with van der Waals surface area (Å²) < 4.78 is 0. The molecule has 0 saturated carbocycles. The second kappa shape index (κ2) is 3.62. The van der Waals surface area contributed by atoms with Gasteiger partial charge in [0.05, 0.1) is 0 Å². The minimum Gasteiger partial charge on any atom is -0.361 e. The number of aromatic amines is 1. The van der Waals surface area contributed by atoms with Gasteiger partial charge in [0.2, 0.25) is 0 Å². The Hall–Kier alpha value is -1.28. The summed E-state index contributed by atoms with van der Waals surface area (Å²) in [4.78, 5) is 3.25. The zero-order valence-corrected chi connectivity index (χ0v) is 7.51. The summed E-state index contributed by atoms with van der Waals surface area (Å²) in [6, 6.07) is 8.35. The van der Waals surface area contributed by atoms with Crippen molar-refractivity contribution < 1.29 is 0 Å². The zero-order valence-electron chi connectivity index (χ0n) is 7.51. The number of aromatic nitrogens is 1. The molecular formula is C11H13N2. The fourth-order valence-electron chi connectivity index (χ4n) is 1.56. The molecule has 0 saturated heterocycles. The molecule has 1 heterocycles. The third kappa shape index (κ3) is 1.58. The largest absolute Gasteiger partial charge is 0.361 e. The molecule has 0 atom stereocenters. The van der Waals surface area contributed by atoms with Crippen LogP contribution in [0.2, 0.25) is 0 Å². The summed E-state index contributed by atoms with van der Waals surface area (Å²) in [7, 11) is 3.60. The molecule has 1 radical (unpaired) electrons. The Labute approximate surface area is 78.0 Å². The number of H-pyrrole nitrogens is 1. The number of benzene rings is 1. The lowest BCUT2D eigenvalue weighted by atomic mass is 10.1. The van der Waals surface area contributed by atoms with Gasteiger partial charge in [-0.3, -0.25) is 0 Å². The van der Waals surface area contributed by atoms with Gasteiger partial charge in [-0.25, -0.2) is 0 Å². The molecule has 0 spiro atoms. The normalized spacial score (nSPS) is 10.8. The van der Waals surface area contributed by atoms with Crippen LogP contribution in [0.4, 0.5) is 0 Å². The van der Waals surface area contributed by atoms with Crippen molar-refractivity contribution in [3.8, 4) is 0 Å². The summed E-state index contributed by atoms with van der Waals surface area (Å²) >= 11 is 0. The van der Waals surface area contributed by atoms with Crippen LogP contribution in [-0.4, -0.2) is 11.5 Å². The average Bonchev–Trinajstić information content (AvgIpc) is 2.58. The van der Waals surface area contributed by atoms with Crippen LogP contribution in [0.5, 0.6) is 0 Å². The molecule has 2 rings (SSSR count).